The van der Waals surface area contributed by atoms with Gasteiger partial charge in [-0.2, -0.15) is 0 Å². The fourth-order valence-electron chi connectivity index (χ4n) is 4.32. The van der Waals surface area contributed by atoms with Gasteiger partial charge in [0.15, 0.2) is 5.75 Å². The lowest BCUT2D eigenvalue weighted by molar-refractivity contribution is -0.385. The van der Waals surface area contributed by atoms with Gasteiger partial charge in [0.25, 0.3) is 0 Å². The third-order valence-corrected chi connectivity index (χ3v) is 13.0. The molecule has 2 N–H and O–H groups in total. The van der Waals surface area contributed by atoms with Crippen molar-refractivity contribution in [3.05, 3.63) is 46.5 Å². The quantitative estimate of drug-likeness (QED) is 0.113. The van der Waals surface area contributed by atoms with E-state index in [9.17, 15) is 19.2 Å². The van der Waals surface area contributed by atoms with Crippen LogP contribution in [0.3, 0.4) is 0 Å². The highest BCUT2D eigenvalue weighted by Gasteiger charge is 2.31. The van der Waals surface area contributed by atoms with Gasteiger partial charge in [0, 0.05) is 67.5 Å². The van der Waals surface area contributed by atoms with Crippen molar-refractivity contribution in [3.63, 3.8) is 0 Å². The molecule has 0 amide bonds. The van der Waals surface area contributed by atoms with Crippen LogP contribution in [-0.4, -0.2) is 104 Å². The second kappa shape index (κ2) is 17.9. The third-order valence-electron chi connectivity index (χ3n) is 6.89. The maximum absolute atomic E-state index is 12.9. The molecule has 2 saturated heterocycles. The van der Waals surface area contributed by atoms with Gasteiger partial charge < -0.3 is 34.1 Å². The summed E-state index contributed by atoms with van der Waals surface area (Å²) in [5, 5.41) is 12.4. The van der Waals surface area contributed by atoms with Gasteiger partial charge in [-0.15, -0.1) is 0 Å². The van der Waals surface area contributed by atoms with Crippen molar-refractivity contribution in [3.8, 4) is 11.5 Å². The van der Waals surface area contributed by atoms with Crippen LogP contribution in [0.25, 0.3) is 0 Å². The zero-order valence-corrected chi connectivity index (χ0v) is 30.2. The van der Waals surface area contributed by atoms with Gasteiger partial charge >= 0.3 is 5.69 Å². The highest BCUT2D eigenvalue weighted by atomic mass is 127. The summed E-state index contributed by atoms with van der Waals surface area (Å²) in [4.78, 5) is 18.6. The Morgan fingerprint density at radius 2 is 1.15 bits per heavy atom. The molecule has 40 heavy (non-hydrogen) atoms. The number of nitrogens with two attached hydrogens (primary N) is 1. The highest BCUT2D eigenvalue weighted by Crippen LogP contribution is 2.48. The van der Waals surface area contributed by atoms with E-state index in [0.29, 0.717) is 29.1 Å². The molecule has 0 radical (unpaired) electrons. The average Bonchev–Trinajstić information content (AvgIpc) is 2.98. The van der Waals surface area contributed by atoms with Crippen LogP contribution >= 0.6 is 59.5 Å². The van der Waals surface area contributed by atoms with Crippen molar-refractivity contribution in [1.82, 2.24) is 9.80 Å². The smallest absolute Gasteiger partial charge is 0.310 e. The number of benzene rings is 2. The van der Waals surface area contributed by atoms with E-state index in [1.165, 1.54) is 13.2 Å². The number of alkyl halides is 2. The van der Waals surface area contributed by atoms with Crippen molar-refractivity contribution >= 4 is 81.4 Å². The molecule has 226 valence electrons. The Morgan fingerprint density at radius 1 is 0.775 bits per heavy atom. The first-order chi connectivity index (χ1) is 19.0. The molecule has 0 aliphatic carbocycles. The van der Waals surface area contributed by atoms with E-state index in [2.05, 4.69) is 62.0 Å². The lowest BCUT2D eigenvalue weighted by Crippen LogP contribution is -2.34. The average molecular weight is 822 g/mol. The number of nitrogen functional groups attached to an aromatic ring is 1. The maximum atomic E-state index is 12.9. The van der Waals surface area contributed by atoms with Crippen molar-refractivity contribution in [2.75, 3.05) is 94.7 Å². The topological polar surface area (TPSA) is 128 Å². The van der Waals surface area contributed by atoms with Gasteiger partial charge in [0.2, 0.25) is 0 Å². The summed E-state index contributed by atoms with van der Waals surface area (Å²) in [6, 6.07) is 10.0. The standard InChI is InChI=1S/C12H17N2O4P.C12H19N2O2P.2CH3I/c1-13-5-7-19(17,8-6-13)10-3-4-11(14(15)16)12(9-10)18-2;1-14-5-7-17(15,8-6-14)10-3-4-11(13)12(9-10)16-2;2*1-2/h3-4,9H,5-8H2,1-2H3;3-4,9H,5-8,13H2,1-2H3;2*1H3. The van der Waals surface area contributed by atoms with E-state index >= 15 is 0 Å². The minimum Gasteiger partial charge on any atom is -0.495 e. The number of rotatable bonds is 5. The molecule has 2 aromatic carbocycles. The predicted molar refractivity (Wildman–Crippen MR) is 186 cm³/mol. The summed E-state index contributed by atoms with van der Waals surface area (Å²) in [7, 11) is 2.35. The fourth-order valence-corrected chi connectivity index (χ4v) is 9.85. The molecule has 2 aliphatic rings. The lowest BCUT2D eigenvalue weighted by Gasteiger charge is -2.29. The Bertz CT molecular complexity index is 1180. The van der Waals surface area contributed by atoms with Gasteiger partial charge in [-0.3, -0.25) is 10.1 Å². The van der Waals surface area contributed by atoms with Crippen molar-refractivity contribution in [1.29, 1.82) is 0 Å². The normalized spacial score (nSPS) is 17.9. The van der Waals surface area contributed by atoms with Crippen molar-refractivity contribution in [2.45, 2.75) is 0 Å². The molecular weight excluding hydrogens is 780 g/mol. The summed E-state index contributed by atoms with van der Waals surface area (Å²) in [6.45, 7) is 3.36. The first-order valence-electron chi connectivity index (χ1n) is 12.6. The second-order valence-corrected chi connectivity index (χ2v) is 15.7. The number of methoxy groups -OCH3 is 2. The number of halogens is 2. The summed E-state index contributed by atoms with van der Waals surface area (Å²) in [6.07, 6.45) is 2.72. The molecule has 4 rings (SSSR count). The number of nitro benzene ring substituents is 1. The largest absolute Gasteiger partial charge is 0.495 e. The number of ether oxygens (including phenoxy) is 2. The SMILES string of the molecule is CI.CI.COc1cc(P2(=O)CCN(C)CC2)ccc1N.COc1cc(P2(=O)CCN(C)CC2)ccc1[N+](=O)[O-]. The lowest BCUT2D eigenvalue weighted by atomic mass is 10.3. The molecule has 2 fully saturated rings. The number of nitro groups is 1. The molecule has 2 heterocycles. The number of nitrogens with zero attached hydrogens (tertiary/aromatic N) is 3. The van der Waals surface area contributed by atoms with Crippen molar-refractivity contribution < 1.29 is 23.5 Å². The Hall–Kier alpha value is -0.920. The van der Waals surface area contributed by atoms with E-state index < -0.39 is 19.2 Å². The first-order valence-corrected chi connectivity index (χ1v) is 21.0. The van der Waals surface area contributed by atoms with Crippen LogP contribution in [0.5, 0.6) is 11.5 Å². The van der Waals surface area contributed by atoms with Gasteiger partial charge in [0.1, 0.15) is 20.0 Å². The molecule has 0 unspecified atom stereocenters. The molecule has 2 aliphatic heterocycles. The van der Waals surface area contributed by atoms with E-state index in [0.717, 1.165) is 43.8 Å². The zero-order chi connectivity index (χ0) is 30.5. The maximum Gasteiger partial charge on any atom is 0.310 e. The van der Waals surface area contributed by atoms with E-state index in [1.54, 1.807) is 25.3 Å². The van der Waals surface area contributed by atoms with Crippen LogP contribution in [0.4, 0.5) is 11.4 Å². The van der Waals surface area contributed by atoms with Crippen molar-refractivity contribution in [2.24, 2.45) is 0 Å². The van der Waals surface area contributed by atoms with Crippen LogP contribution in [0, 0.1) is 10.1 Å². The van der Waals surface area contributed by atoms with Gasteiger partial charge in [0.05, 0.1) is 24.8 Å². The van der Waals surface area contributed by atoms with Gasteiger partial charge in [-0.25, -0.2) is 0 Å². The van der Waals surface area contributed by atoms with Gasteiger partial charge in [-0.05, 0) is 54.3 Å². The molecule has 0 atom stereocenters. The van der Waals surface area contributed by atoms with E-state index in [1.807, 2.05) is 29.0 Å². The van der Waals surface area contributed by atoms with E-state index in [4.69, 9.17) is 15.2 Å². The summed E-state index contributed by atoms with van der Waals surface area (Å²) in [5.74, 6) is 0.799. The fraction of sp³-hybridized carbons (Fsp3) is 0.538. The number of anilines is 1. The summed E-state index contributed by atoms with van der Waals surface area (Å²) < 4.78 is 35.9. The van der Waals surface area contributed by atoms with E-state index in [-0.39, 0.29) is 11.4 Å². The number of hydrogen-bond acceptors (Lipinski definition) is 9. The molecule has 0 bridgehead atoms. The monoisotopic (exact) mass is 822 g/mol. The molecule has 0 saturated carbocycles. The molecule has 2 aromatic rings. The minimum atomic E-state index is -2.44. The Morgan fingerprint density at radius 3 is 1.52 bits per heavy atom. The summed E-state index contributed by atoms with van der Waals surface area (Å²) in [5.41, 5.74) is 6.28. The summed E-state index contributed by atoms with van der Waals surface area (Å²) >= 11 is 4.30. The molecule has 0 spiro atoms. The van der Waals surface area contributed by atoms with Crippen LogP contribution in [0.1, 0.15) is 0 Å². The molecule has 14 heteroatoms. The minimum absolute atomic E-state index is 0.0908. The Labute approximate surface area is 265 Å². The Balaban J connectivity index is 0.000000358. The first kappa shape index (κ1) is 37.1. The molecule has 0 aromatic heterocycles. The van der Waals surface area contributed by atoms with Gasteiger partial charge in [-0.1, -0.05) is 45.2 Å². The number of hydrogen-bond donors (Lipinski definition) is 1. The second-order valence-electron chi connectivity index (χ2n) is 9.32. The van der Waals surface area contributed by atoms with Crippen LogP contribution < -0.4 is 25.8 Å². The third kappa shape index (κ3) is 10.1. The van der Waals surface area contributed by atoms with Crippen LogP contribution in [0.2, 0.25) is 0 Å². The van der Waals surface area contributed by atoms with Crippen LogP contribution in [-0.2, 0) is 9.13 Å². The molecule has 10 nitrogen and oxygen atoms in total. The highest BCUT2D eigenvalue weighted by molar-refractivity contribution is 14.1. The zero-order valence-electron chi connectivity index (χ0n) is 24.1. The molecular formula is C26H42I2N4O6P2. The Kier molecular flexibility index (Phi) is 16.6. The predicted octanol–water partition coefficient (Wildman–Crippen LogP) is 4.85. The van der Waals surface area contributed by atoms with Crippen LogP contribution in [0.15, 0.2) is 36.4 Å².